The molecule has 1 aromatic carbocycles. The summed E-state index contributed by atoms with van der Waals surface area (Å²) in [5, 5.41) is 13.3. The van der Waals surface area contributed by atoms with E-state index >= 15 is 0 Å². The molecular weight excluding hydrogens is 261 g/mol. The molecule has 5 unspecified atom stereocenters. The van der Waals surface area contributed by atoms with Crippen molar-refractivity contribution >= 4 is 5.97 Å². The predicted octanol–water partition coefficient (Wildman–Crippen LogP) is 1.19. The highest BCUT2D eigenvalue weighted by atomic mass is 19.1. The molecule has 0 saturated carbocycles. The summed E-state index contributed by atoms with van der Waals surface area (Å²) in [6.07, 6.45) is 0.781. The van der Waals surface area contributed by atoms with Gasteiger partial charge in [-0.05, 0) is 30.5 Å². The van der Waals surface area contributed by atoms with E-state index in [1.165, 1.54) is 19.2 Å². The van der Waals surface area contributed by atoms with Crippen LogP contribution < -0.4 is 5.32 Å². The standard InChI is InChI=1S/C15H18FNO3/c1-20-15(19)14-10(8-2-4-9(16)5-3-8)6-11-13(18)7-12(14)17-11/h2-5,10-14,17-18H,6-7H2,1H3. The number of hydrogen-bond donors (Lipinski definition) is 2. The maximum atomic E-state index is 13.1. The molecule has 2 aliphatic heterocycles. The van der Waals surface area contributed by atoms with Crippen molar-refractivity contribution in [2.75, 3.05) is 7.11 Å². The van der Waals surface area contributed by atoms with Crippen LogP contribution in [0.3, 0.4) is 0 Å². The van der Waals surface area contributed by atoms with Gasteiger partial charge in [0.25, 0.3) is 0 Å². The molecule has 0 aliphatic carbocycles. The quantitative estimate of drug-likeness (QED) is 0.799. The highest BCUT2D eigenvalue weighted by molar-refractivity contribution is 5.75. The van der Waals surface area contributed by atoms with Crippen LogP contribution in [-0.4, -0.2) is 36.4 Å². The fourth-order valence-electron chi connectivity index (χ4n) is 3.57. The molecule has 108 valence electrons. The number of carbonyl (C=O) groups is 1. The van der Waals surface area contributed by atoms with E-state index < -0.39 is 6.10 Å². The summed E-state index contributed by atoms with van der Waals surface area (Å²) >= 11 is 0. The predicted molar refractivity (Wildman–Crippen MR) is 70.6 cm³/mol. The molecule has 0 spiro atoms. The maximum Gasteiger partial charge on any atom is 0.310 e. The van der Waals surface area contributed by atoms with Crippen molar-refractivity contribution in [2.24, 2.45) is 5.92 Å². The first kappa shape index (κ1) is 13.5. The average molecular weight is 279 g/mol. The number of carbonyl (C=O) groups excluding carboxylic acids is 1. The van der Waals surface area contributed by atoms with Gasteiger partial charge in [-0.1, -0.05) is 12.1 Å². The largest absolute Gasteiger partial charge is 0.469 e. The SMILES string of the molecule is COC(=O)C1C2CC(O)C(CC1c1ccc(F)cc1)N2. The van der Waals surface area contributed by atoms with Crippen molar-refractivity contribution < 1.29 is 19.0 Å². The Bertz CT molecular complexity index is 502. The minimum absolute atomic E-state index is 0.00374. The molecule has 2 N–H and O–H groups in total. The number of piperidine rings is 1. The number of halogens is 1. The number of nitrogens with one attached hydrogen (secondary N) is 1. The van der Waals surface area contributed by atoms with Crippen molar-refractivity contribution in [1.82, 2.24) is 5.32 Å². The topological polar surface area (TPSA) is 58.6 Å². The van der Waals surface area contributed by atoms with Gasteiger partial charge in [0.1, 0.15) is 5.82 Å². The fraction of sp³-hybridized carbons (Fsp3) is 0.533. The smallest absolute Gasteiger partial charge is 0.310 e. The molecule has 5 atom stereocenters. The lowest BCUT2D eigenvalue weighted by Gasteiger charge is -2.36. The third-order valence-electron chi connectivity index (χ3n) is 4.53. The fourth-order valence-corrected chi connectivity index (χ4v) is 3.57. The van der Waals surface area contributed by atoms with Crippen molar-refractivity contribution in [3.05, 3.63) is 35.6 Å². The van der Waals surface area contributed by atoms with Gasteiger partial charge in [-0.25, -0.2) is 4.39 Å². The molecular formula is C15H18FNO3. The Hall–Kier alpha value is -1.46. The average Bonchev–Trinajstić information content (AvgIpc) is 2.74. The van der Waals surface area contributed by atoms with E-state index in [0.29, 0.717) is 12.8 Å². The highest BCUT2D eigenvalue weighted by Crippen LogP contribution is 2.42. The zero-order valence-electron chi connectivity index (χ0n) is 11.3. The van der Waals surface area contributed by atoms with Crippen LogP contribution in [0.1, 0.15) is 24.3 Å². The summed E-state index contributed by atoms with van der Waals surface area (Å²) in [6.45, 7) is 0. The van der Waals surface area contributed by atoms with Crippen molar-refractivity contribution in [3.63, 3.8) is 0 Å². The van der Waals surface area contributed by atoms with Crippen molar-refractivity contribution in [3.8, 4) is 0 Å². The molecule has 0 aromatic heterocycles. The van der Waals surface area contributed by atoms with E-state index in [1.54, 1.807) is 12.1 Å². The summed E-state index contributed by atoms with van der Waals surface area (Å²) in [6, 6.07) is 6.16. The number of ether oxygens (including phenoxy) is 1. The lowest BCUT2D eigenvalue weighted by Crippen LogP contribution is -2.49. The molecule has 4 nitrogen and oxygen atoms in total. The van der Waals surface area contributed by atoms with Crippen LogP contribution in [0.4, 0.5) is 4.39 Å². The molecule has 2 aliphatic rings. The van der Waals surface area contributed by atoms with Crippen LogP contribution >= 0.6 is 0 Å². The molecule has 2 bridgehead atoms. The van der Waals surface area contributed by atoms with Gasteiger partial charge in [0.15, 0.2) is 0 Å². The van der Waals surface area contributed by atoms with Crippen LogP contribution in [0.2, 0.25) is 0 Å². The van der Waals surface area contributed by atoms with Crippen LogP contribution in [-0.2, 0) is 9.53 Å². The number of fused-ring (bicyclic) bond motifs is 2. The Morgan fingerprint density at radius 1 is 1.30 bits per heavy atom. The van der Waals surface area contributed by atoms with Crippen LogP contribution in [0, 0.1) is 11.7 Å². The normalized spacial score (nSPS) is 35.9. The Balaban J connectivity index is 1.94. The number of aliphatic hydroxyl groups excluding tert-OH is 1. The second kappa shape index (κ2) is 5.14. The first-order chi connectivity index (χ1) is 9.60. The van der Waals surface area contributed by atoms with Gasteiger partial charge >= 0.3 is 5.97 Å². The van der Waals surface area contributed by atoms with Gasteiger partial charge in [0.2, 0.25) is 0 Å². The van der Waals surface area contributed by atoms with Gasteiger partial charge in [-0.15, -0.1) is 0 Å². The lowest BCUT2D eigenvalue weighted by molar-refractivity contribution is -0.148. The van der Waals surface area contributed by atoms with Gasteiger partial charge in [0, 0.05) is 18.0 Å². The monoisotopic (exact) mass is 279 g/mol. The zero-order valence-corrected chi connectivity index (χ0v) is 11.3. The summed E-state index contributed by atoms with van der Waals surface area (Å²) in [5.41, 5.74) is 0.924. The van der Waals surface area contributed by atoms with E-state index in [1.807, 2.05) is 0 Å². The summed E-state index contributed by atoms with van der Waals surface area (Å²) in [7, 11) is 1.38. The van der Waals surface area contributed by atoms with Gasteiger partial charge in [-0.3, -0.25) is 4.79 Å². The molecule has 1 aromatic rings. The molecule has 0 amide bonds. The maximum absolute atomic E-state index is 13.1. The zero-order chi connectivity index (χ0) is 14.3. The summed E-state index contributed by atoms with van der Waals surface area (Å²) in [5.74, 6) is -0.944. The molecule has 2 fully saturated rings. The van der Waals surface area contributed by atoms with E-state index in [2.05, 4.69) is 5.32 Å². The van der Waals surface area contributed by atoms with Gasteiger partial charge in [-0.2, -0.15) is 0 Å². The number of aliphatic hydroxyl groups is 1. The Morgan fingerprint density at radius 2 is 2.00 bits per heavy atom. The Kier molecular flexibility index (Phi) is 3.48. The number of hydrogen-bond acceptors (Lipinski definition) is 4. The summed E-state index contributed by atoms with van der Waals surface area (Å²) < 4.78 is 18.0. The molecule has 0 radical (unpaired) electrons. The minimum atomic E-state index is -0.433. The molecule has 2 heterocycles. The van der Waals surface area contributed by atoms with E-state index in [9.17, 15) is 14.3 Å². The van der Waals surface area contributed by atoms with E-state index in [4.69, 9.17) is 4.74 Å². The van der Waals surface area contributed by atoms with E-state index in [0.717, 1.165) is 5.56 Å². The lowest BCUT2D eigenvalue weighted by atomic mass is 9.77. The second-order valence-electron chi connectivity index (χ2n) is 5.63. The number of rotatable bonds is 2. The van der Waals surface area contributed by atoms with Crippen LogP contribution in [0.25, 0.3) is 0 Å². The van der Waals surface area contributed by atoms with Crippen LogP contribution in [0.5, 0.6) is 0 Å². The molecule has 20 heavy (non-hydrogen) atoms. The van der Waals surface area contributed by atoms with Gasteiger partial charge in [0.05, 0.1) is 19.1 Å². The second-order valence-corrected chi connectivity index (χ2v) is 5.63. The number of esters is 1. The Morgan fingerprint density at radius 3 is 2.65 bits per heavy atom. The van der Waals surface area contributed by atoms with E-state index in [-0.39, 0.29) is 35.7 Å². The molecule has 5 heteroatoms. The Labute approximate surface area is 116 Å². The first-order valence-electron chi connectivity index (χ1n) is 6.87. The third kappa shape index (κ3) is 2.21. The number of methoxy groups -OCH3 is 1. The minimum Gasteiger partial charge on any atom is -0.469 e. The van der Waals surface area contributed by atoms with Crippen molar-refractivity contribution in [2.45, 2.75) is 36.9 Å². The highest BCUT2D eigenvalue weighted by Gasteiger charge is 2.49. The molecule has 3 rings (SSSR count). The van der Waals surface area contributed by atoms with Crippen LogP contribution in [0.15, 0.2) is 24.3 Å². The third-order valence-corrected chi connectivity index (χ3v) is 4.53. The number of benzene rings is 1. The first-order valence-corrected chi connectivity index (χ1v) is 6.87. The summed E-state index contributed by atoms with van der Waals surface area (Å²) in [4.78, 5) is 12.1. The van der Waals surface area contributed by atoms with Gasteiger partial charge < -0.3 is 15.2 Å². The van der Waals surface area contributed by atoms with Crippen molar-refractivity contribution in [1.29, 1.82) is 0 Å². The molecule has 2 saturated heterocycles.